The van der Waals surface area contributed by atoms with Crippen molar-refractivity contribution in [3.63, 3.8) is 0 Å². The number of hydrogen-bond donors (Lipinski definition) is 1. The second kappa shape index (κ2) is 10.8. The molecule has 1 atom stereocenters. The Morgan fingerprint density at radius 1 is 0.917 bits per heavy atom. The first-order chi connectivity index (χ1) is 17.2. The molecule has 1 aromatic heterocycles. The van der Waals surface area contributed by atoms with Crippen LogP contribution in [0.5, 0.6) is 17.2 Å². The van der Waals surface area contributed by atoms with Crippen molar-refractivity contribution in [2.45, 2.75) is 13.0 Å². The van der Waals surface area contributed by atoms with Crippen LogP contribution in [0, 0.1) is 0 Å². The van der Waals surface area contributed by atoms with Gasteiger partial charge in [0.25, 0.3) is 0 Å². The Bertz CT molecular complexity index is 1420. The monoisotopic (exact) mass is 524 g/mol. The number of carbonyl (C=O) groups is 1. The molecule has 0 spiro atoms. The molecule has 1 N–H and O–H groups in total. The Morgan fingerprint density at radius 2 is 1.53 bits per heavy atom. The van der Waals surface area contributed by atoms with Crippen molar-refractivity contribution < 1.29 is 22.7 Å². The van der Waals surface area contributed by atoms with E-state index in [9.17, 15) is 13.2 Å². The van der Waals surface area contributed by atoms with Crippen molar-refractivity contribution in [2.24, 2.45) is 0 Å². The summed E-state index contributed by atoms with van der Waals surface area (Å²) in [7, 11) is -2.20. The number of methoxy groups -OCH3 is 1. The number of nitrogens with zero attached hydrogens (tertiary/aromatic N) is 3. The maximum atomic E-state index is 13.0. The summed E-state index contributed by atoms with van der Waals surface area (Å²) in [5.74, 6) is 1.37. The Hall–Kier alpha value is -3.96. The molecule has 0 saturated carbocycles. The van der Waals surface area contributed by atoms with Gasteiger partial charge in [-0.15, -0.1) is 10.2 Å². The second-order valence-corrected chi connectivity index (χ2v) is 10.6. The van der Waals surface area contributed by atoms with E-state index in [0.717, 1.165) is 16.1 Å². The number of anilines is 2. The van der Waals surface area contributed by atoms with Crippen molar-refractivity contribution in [1.29, 1.82) is 0 Å². The van der Waals surface area contributed by atoms with E-state index in [1.807, 2.05) is 42.5 Å². The lowest BCUT2D eigenvalue weighted by atomic mass is 10.2. The number of nitrogens with one attached hydrogen (secondary N) is 1. The average molecular weight is 525 g/mol. The topological polar surface area (TPSA) is 111 Å². The molecule has 3 aromatic carbocycles. The number of sulfonamides is 1. The lowest BCUT2D eigenvalue weighted by Gasteiger charge is -2.28. The summed E-state index contributed by atoms with van der Waals surface area (Å²) in [5.41, 5.74) is 1.15. The van der Waals surface area contributed by atoms with Crippen LogP contribution in [0.3, 0.4) is 0 Å². The van der Waals surface area contributed by atoms with Gasteiger partial charge in [-0.25, -0.2) is 8.42 Å². The first-order valence-corrected chi connectivity index (χ1v) is 13.5. The summed E-state index contributed by atoms with van der Waals surface area (Å²) < 4.78 is 37.2. The first-order valence-electron chi connectivity index (χ1n) is 10.9. The minimum absolute atomic E-state index is 0.262. The fraction of sp³-hybridized carbons (Fsp3) is 0.160. The van der Waals surface area contributed by atoms with E-state index in [-0.39, 0.29) is 5.13 Å². The van der Waals surface area contributed by atoms with Gasteiger partial charge in [0, 0.05) is 5.56 Å². The molecule has 0 radical (unpaired) electrons. The molecule has 1 unspecified atom stereocenters. The highest BCUT2D eigenvalue weighted by atomic mass is 32.2. The van der Waals surface area contributed by atoms with Gasteiger partial charge >= 0.3 is 0 Å². The van der Waals surface area contributed by atoms with E-state index in [2.05, 4.69) is 15.5 Å². The fourth-order valence-corrected chi connectivity index (χ4v) is 5.36. The number of benzene rings is 3. The fourth-order valence-electron chi connectivity index (χ4n) is 3.43. The predicted octanol–water partition coefficient (Wildman–Crippen LogP) is 4.80. The standard InChI is InChI=1S/C25H24N4O5S2/c1-17(23(30)26-25-28-27-24(35-25)18-9-13-20(33-2)14-10-18)29(36(3,31)32)19-11-15-22(16-12-19)34-21-7-5-4-6-8-21/h4-17H,1-3H3,(H,26,28,30). The van der Waals surface area contributed by atoms with Crippen molar-refractivity contribution in [2.75, 3.05) is 23.0 Å². The van der Waals surface area contributed by atoms with Gasteiger partial charge in [-0.3, -0.25) is 14.4 Å². The van der Waals surface area contributed by atoms with Crippen molar-refractivity contribution >= 4 is 38.1 Å². The largest absolute Gasteiger partial charge is 0.497 e. The van der Waals surface area contributed by atoms with Gasteiger partial charge in [0.1, 0.15) is 28.3 Å². The van der Waals surface area contributed by atoms with E-state index in [1.165, 1.54) is 18.3 Å². The van der Waals surface area contributed by atoms with Crippen LogP contribution in [0.25, 0.3) is 10.6 Å². The van der Waals surface area contributed by atoms with Gasteiger partial charge in [-0.1, -0.05) is 29.5 Å². The average Bonchev–Trinajstić information content (AvgIpc) is 3.33. The van der Waals surface area contributed by atoms with E-state index < -0.39 is 22.0 Å². The maximum Gasteiger partial charge on any atom is 0.249 e. The van der Waals surface area contributed by atoms with Crippen LogP contribution in [-0.4, -0.2) is 43.9 Å². The van der Waals surface area contributed by atoms with E-state index in [0.29, 0.717) is 27.9 Å². The van der Waals surface area contributed by atoms with Crippen LogP contribution in [0.1, 0.15) is 6.92 Å². The summed E-state index contributed by atoms with van der Waals surface area (Å²) in [6.07, 6.45) is 1.05. The Kier molecular flexibility index (Phi) is 7.51. The zero-order valence-electron chi connectivity index (χ0n) is 19.8. The summed E-state index contributed by atoms with van der Waals surface area (Å²) in [6.45, 7) is 1.51. The Balaban J connectivity index is 1.48. The number of ether oxygens (including phenoxy) is 2. The number of rotatable bonds is 9. The smallest absolute Gasteiger partial charge is 0.249 e. The van der Waals surface area contributed by atoms with Crippen LogP contribution in [0.4, 0.5) is 10.8 Å². The van der Waals surface area contributed by atoms with Gasteiger partial charge < -0.3 is 9.47 Å². The molecule has 0 fully saturated rings. The second-order valence-electron chi connectivity index (χ2n) is 7.77. The zero-order chi connectivity index (χ0) is 25.7. The number of aromatic nitrogens is 2. The third-order valence-corrected chi connectivity index (χ3v) is 7.28. The normalized spacial score (nSPS) is 12.0. The van der Waals surface area contributed by atoms with Crippen LogP contribution in [0.15, 0.2) is 78.9 Å². The molecule has 1 heterocycles. The molecule has 0 aliphatic carbocycles. The molecular formula is C25H24N4O5S2. The lowest BCUT2D eigenvalue weighted by Crippen LogP contribution is -2.45. The molecule has 1 amide bonds. The number of hydrogen-bond acceptors (Lipinski definition) is 8. The highest BCUT2D eigenvalue weighted by Crippen LogP contribution is 2.29. The molecular weight excluding hydrogens is 500 g/mol. The highest BCUT2D eigenvalue weighted by Gasteiger charge is 2.30. The Labute approximate surface area is 213 Å². The van der Waals surface area contributed by atoms with E-state index in [4.69, 9.17) is 9.47 Å². The SMILES string of the molecule is COc1ccc(-c2nnc(NC(=O)C(C)N(c3ccc(Oc4ccccc4)cc3)S(C)(=O)=O)s2)cc1. The van der Waals surface area contributed by atoms with Gasteiger partial charge in [0.05, 0.1) is 19.1 Å². The molecule has 36 heavy (non-hydrogen) atoms. The molecule has 4 aromatic rings. The minimum atomic E-state index is -3.78. The summed E-state index contributed by atoms with van der Waals surface area (Å²) in [6, 6.07) is 21.9. The van der Waals surface area contributed by atoms with Crippen molar-refractivity contribution in [3.05, 3.63) is 78.9 Å². The third-order valence-electron chi connectivity index (χ3n) is 5.15. The summed E-state index contributed by atoms with van der Waals surface area (Å²) in [4.78, 5) is 13.0. The van der Waals surface area contributed by atoms with Crippen LogP contribution < -0.4 is 19.1 Å². The molecule has 0 bridgehead atoms. The number of carbonyl (C=O) groups excluding carboxylic acids is 1. The van der Waals surface area contributed by atoms with Gasteiger partial charge in [-0.05, 0) is 67.6 Å². The van der Waals surface area contributed by atoms with Gasteiger partial charge in [-0.2, -0.15) is 0 Å². The maximum absolute atomic E-state index is 13.0. The highest BCUT2D eigenvalue weighted by molar-refractivity contribution is 7.92. The van der Waals surface area contributed by atoms with Crippen molar-refractivity contribution in [3.8, 4) is 27.8 Å². The quantitative estimate of drug-likeness (QED) is 0.335. The predicted molar refractivity (Wildman–Crippen MR) is 140 cm³/mol. The molecule has 4 rings (SSSR count). The van der Waals surface area contributed by atoms with Gasteiger partial charge in [0.15, 0.2) is 0 Å². The number of amides is 1. The molecule has 186 valence electrons. The minimum Gasteiger partial charge on any atom is -0.497 e. The number of para-hydroxylation sites is 1. The first kappa shape index (κ1) is 25.1. The summed E-state index contributed by atoms with van der Waals surface area (Å²) in [5, 5.41) is 11.7. The Morgan fingerprint density at radius 3 is 2.14 bits per heavy atom. The summed E-state index contributed by atoms with van der Waals surface area (Å²) >= 11 is 1.18. The van der Waals surface area contributed by atoms with Crippen LogP contribution in [-0.2, 0) is 14.8 Å². The molecule has 9 nitrogen and oxygen atoms in total. The van der Waals surface area contributed by atoms with Crippen molar-refractivity contribution in [1.82, 2.24) is 10.2 Å². The van der Waals surface area contributed by atoms with Gasteiger partial charge in [0.2, 0.25) is 21.1 Å². The zero-order valence-corrected chi connectivity index (χ0v) is 21.4. The van der Waals surface area contributed by atoms with E-state index >= 15 is 0 Å². The molecule has 0 aliphatic rings. The lowest BCUT2D eigenvalue weighted by molar-refractivity contribution is -0.116. The molecule has 0 saturated heterocycles. The van der Waals surface area contributed by atoms with Crippen LogP contribution >= 0.6 is 11.3 Å². The third kappa shape index (κ3) is 5.99. The molecule has 11 heteroatoms. The molecule has 0 aliphatic heterocycles. The van der Waals surface area contributed by atoms with Crippen LogP contribution in [0.2, 0.25) is 0 Å². The van der Waals surface area contributed by atoms with E-state index in [1.54, 1.807) is 43.5 Å².